The van der Waals surface area contributed by atoms with E-state index in [1.165, 1.54) is 43.4 Å². The minimum Gasteiger partial charge on any atom is -0.465 e. The first-order chi connectivity index (χ1) is 17.0. The van der Waals surface area contributed by atoms with Gasteiger partial charge in [-0.1, -0.05) is 57.4 Å². The summed E-state index contributed by atoms with van der Waals surface area (Å²) in [5.74, 6) is 0.203. The van der Waals surface area contributed by atoms with Crippen LogP contribution in [0.2, 0.25) is 0 Å². The van der Waals surface area contributed by atoms with Gasteiger partial charge in [-0.25, -0.2) is 4.79 Å². The Morgan fingerprint density at radius 3 is 2.40 bits per heavy atom. The molecule has 2 heterocycles. The number of hydrogen-bond acceptors (Lipinski definition) is 5. The summed E-state index contributed by atoms with van der Waals surface area (Å²) in [4.78, 5) is 42.8. The van der Waals surface area contributed by atoms with E-state index in [1.807, 2.05) is 17.5 Å². The molecule has 3 N–H and O–H groups in total. The maximum absolute atomic E-state index is 14.0. The lowest BCUT2D eigenvalue weighted by Crippen LogP contribution is -2.64. The van der Waals surface area contributed by atoms with Crippen molar-refractivity contribution < 1.29 is 19.5 Å². The molecule has 0 spiro atoms. The van der Waals surface area contributed by atoms with Crippen LogP contribution in [0.4, 0.5) is 4.79 Å². The van der Waals surface area contributed by atoms with Gasteiger partial charge in [-0.05, 0) is 36.6 Å². The van der Waals surface area contributed by atoms with E-state index in [-0.39, 0.29) is 37.5 Å². The van der Waals surface area contributed by atoms with Gasteiger partial charge in [0.05, 0.1) is 19.1 Å². The van der Waals surface area contributed by atoms with Crippen molar-refractivity contribution in [3.8, 4) is 0 Å². The van der Waals surface area contributed by atoms with Crippen molar-refractivity contribution in [1.29, 1.82) is 0 Å². The second-order valence-corrected chi connectivity index (χ2v) is 11.4. The highest BCUT2D eigenvalue weighted by Crippen LogP contribution is 2.29. The van der Waals surface area contributed by atoms with Gasteiger partial charge in [0, 0.05) is 24.0 Å². The number of carboxylic acid groups (broad SMARTS) is 1. The van der Waals surface area contributed by atoms with E-state index in [1.54, 1.807) is 16.2 Å². The fourth-order valence-corrected chi connectivity index (χ4v) is 6.54. The average Bonchev–Trinajstić information content (AvgIpc) is 3.41. The lowest BCUT2D eigenvalue weighted by atomic mass is 9.83. The molecular formula is C26H40N4O4S. The molecule has 1 aromatic heterocycles. The highest BCUT2D eigenvalue weighted by molar-refractivity contribution is 7.09. The van der Waals surface area contributed by atoms with Crippen LogP contribution in [-0.4, -0.2) is 70.6 Å². The van der Waals surface area contributed by atoms with Crippen LogP contribution in [0.15, 0.2) is 17.5 Å². The summed E-state index contributed by atoms with van der Waals surface area (Å²) in [7, 11) is 0. The number of nitrogens with zero attached hydrogens (tertiary/aromatic N) is 2. The molecule has 0 unspecified atom stereocenters. The Bertz CT molecular complexity index is 816. The number of hydrogen-bond donors (Lipinski definition) is 3. The summed E-state index contributed by atoms with van der Waals surface area (Å²) in [6.45, 7) is 0.871. The van der Waals surface area contributed by atoms with Gasteiger partial charge in [0.25, 0.3) is 0 Å². The van der Waals surface area contributed by atoms with Gasteiger partial charge in [0.1, 0.15) is 6.04 Å². The van der Waals surface area contributed by atoms with E-state index >= 15 is 0 Å². The average molecular weight is 505 g/mol. The molecule has 3 amide bonds. The highest BCUT2D eigenvalue weighted by atomic mass is 32.1. The Kier molecular flexibility index (Phi) is 9.43. The Hall–Kier alpha value is -2.13. The molecule has 0 bridgehead atoms. The van der Waals surface area contributed by atoms with Gasteiger partial charge < -0.3 is 25.5 Å². The number of rotatable bonds is 8. The zero-order valence-corrected chi connectivity index (χ0v) is 21.4. The van der Waals surface area contributed by atoms with Crippen LogP contribution in [0.25, 0.3) is 0 Å². The topological polar surface area (TPSA) is 102 Å². The molecule has 2 aliphatic carbocycles. The SMILES string of the molecule is O=C(NCc1cccs1)[C@@H]1CN(C(=O)O)CCN1C(=O)[C@@H](CC1CCCCC1)NC1CCCCC1. The highest BCUT2D eigenvalue weighted by Gasteiger charge is 2.40. The van der Waals surface area contributed by atoms with Crippen LogP contribution in [0.3, 0.4) is 0 Å². The molecule has 8 nitrogen and oxygen atoms in total. The third kappa shape index (κ3) is 7.19. The summed E-state index contributed by atoms with van der Waals surface area (Å²) in [5.41, 5.74) is 0. The summed E-state index contributed by atoms with van der Waals surface area (Å²) in [5, 5.41) is 18.2. The standard InChI is InChI=1S/C26H40N4O4S/c31-24(27-17-21-12-7-15-35-21)23-18-29(26(33)34)13-14-30(23)25(32)22(16-19-8-3-1-4-9-19)28-20-10-5-2-6-11-20/h7,12,15,19-20,22-23,28H,1-6,8-11,13-14,16-18H2,(H,27,31)(H,33,34)/t22-,23+/m1/s1. The Balaban J connectivity index is 1.48. The van der Waals surface area contributed by atoms with E-state index < -0.39 is 12.1 Å². The van der Waals surface area contributed by atoms with E-state index in [4.69, 9.17) is 0 Å². The third-order valence-corrected chi connectivity index (χ3v) is 8.76. The molecular weight excluding hydrogens is 464 g/mol. The maximum atomic E-state index is 14.0. The first-order valence-electron chi connectivity index (χ1n) is 13.4. The van der Waals surface area contributed by atoms with Gasteiger partial charge in [-0.15, -0.1) is 11.3 Å². The van der Waals surface area contributed by atoms with Gasteiger partial charge >= 0.3 is 6.09 Å². The number of nitrogens with one attached hydrogen (secondary N) is 2. The van der Waals surface area contributed by atoms with Crippen molar-refractivity contribution in [1.82, 2.24) is 20.4 Å². The van der Waals surface area contributed by atoms with Gasteiger partial charge in [-0.2, -0.15) is 0 Å². The predicted molar refractivity (Wildman–Crippen MR) is 136 cm³/mol. The first-order valence-corrected chi connectivity index (χ1v) is 14.2. The Morgan fingerprint density at radius 2 is 1.74 bits per heavy atom. The molecule has 0 radical (unpaired) electrons. The second-order valence-electron chi connectivity index (χ2n) is 10.4. The van der Waals surface area contributed by atoms with Crippen molar-refractivity contribution in [3.63, 3.8) is 0 Å². The molecule has 4 rings (SSSR count). The molecule has 2 atom stereocenters. The smallest absolute Gasteiger partial charge is 0.407 e. The van der Waals surface area contributed by atoms with Crippen molar-refractivity contribution in [3.05, 3.63) is 22.4 Å². The number of piperazine rings is 1. The van der Waals surface area contributed by atoms with E-state index in [0.29, 0.717) is 18.5 Å². The lowest BCUT2D eigenvalue weighted by Gasteiger charge is -2.42. The maximum Gasteiger partial charge on any atom is 0.407 e. The molecule has 1 saturated heterocycles. The van der Waals surface area contributed by atoms with E-state index in [0.717, 1.165) is 37.0 Å². The Morgan fingerprint density at radius 1 is 1.03 bits per heavy atom. The van der Waals surface area contributed by atoms with E-state index in [9.17, 15) is 19.5 Å². The van der Waals surface area contributed by atoms with Crippen molar-refractivity contribution >= 4 is 29.2 Å². The predicted octanol–water partition coefficient (Wildman–Crippen LogP) is 3.82. The fraction of sp³-hybridized carbons (Fsp3) is 0.731. The molecule has 0 aromatic carbocycles. The normalized spacial score (nSPS) is 23.1. The minimum atomic E-state index is -1.05. The van der Waals surface area contributed by atoms with Crippen LogP contribution >= 0.6 is 11.3 Å². The van der Waals surface area contributed by atoms with Crippen LogP contribution in [0.1, 0.15) is 75.5 Å². The van der Waals surface area contributed by atoms with Gasteiger partial charge in [-0.3, -0.25) is 9.59 Å². The monoisotopic (exact) mass is 504 g/mol. The molecule has 1 aliphatic heterocycles. The molecule has 194 valence electrons. The zero-order valence-electron chi connectivity index (χ0n) is 20.6. The number of amides is 3. The largest absolute Gasteiger partial charge is 0.465 e. The number of carbonyl (C=O) groups excluding carboxylic acids is 2. The summed E-state index contributed by atoms with van der Waals surface area (Å²) in [6, 6.07) is 3.10. The fourth-order valence-electron chi connectivity index (χ4n) is 5.90. The van der Waals surface area contributed by atoms with Gasteiger partial charge in [0.15, 0.2) is 0 Å². The first kappa shape index (κ1) is 25.9. The van der Waals surface area contributed by atoms with Crippen molar-refractivity contribution in [2.45, 2.75) is 95.3 Å². The summed E-state index contributed by atoms with van der Waals surface area (Å²) < 4.78 is 0. The van der Waals surface area contributed by atoms with E-state index in [2.05, 4.69) is 10.6 Å². The van der Waals surface area contributed by atoms with Crippen LogP contribution in [0, 0.1) is 5.92 Å². The molecule has 35 heavy (non-hydrogen) atoms. The number of thiophene rings is 1. The summed E-state index contributed by atoms with van der Waals surface area (Å²) in [6.07, 6.45) is 11.6. The minimum absolute atomic E-state index is 0.0108. The van der Waals surface area contributed by atoms with Crippen molar-refractivity contribution in [2.24, 2.45) is 5.92 Å². The molecule has 3 aliphatic rings. The van der Waals surface area contributed by atoms with Gasteiger partial charge in [0.2, 0.25) is 11.8 Å². The van der Waals surface area contributed by atoms with Crippen LogP contribution in [-0.2, 0) is 16.1 Å². The zero-order chi connectivity index (χ0) is 24.6. The quantitative estimate of drug-likeness (QED) is 0.500. The molecule has 3 fully saturated rings. The summed E-state index contributed by atoms with van der Waals surface area (Å²) >= 11 is 1.56. The lowest BCUT2D eigenvalue weighted by molar-refractivity contribution is -0.145. The second kappa shape index (κ2) is 12.7. The molecule has 1 aromatic rings. The third-order valence-electron chi connectivity index (χ3n) is 7.89. The van der Waals surface area contributed by atoms with Crippen LogP contribution in [0.5, 0.6) is 0 Å². The molecule has 2 saturated carbocycles. The Labute approximate surface area is 212 Å². The van der Waals surface area contributed by atoms with Crippen LogP contribution < -0.4 is 10.6 Å². The molecule has 9 heteroatoms. The van der Waals surface area contributed by atoms with Crippen molar-refractivity contribution in [2.75, 3.05) is 19.6 Å². The number of carbonyl (C=O) groups is 3.